The monoisotopic (exact) mass is 215 g/mol. The Morgan fingerprint density at radius 3 is 2.00 bits per heavy atom. The van der Waals surface area contributed by atoms with Crippen LogP contribution in [0, 0.1) is 0 Å². The predicted octanol–water partition coefficient (Wildman–Crippen LogP) is 2.50. The van der Waals surface area contributed by atoms with Crippen LogP contribution >= 0.6 is 0 Å². The summed E-state index contributed by atoms with van der Waals surface area (Å²) in [7, 11) is 0. The summed E-state index contributed by atoms with van der Waals surface area (Å²) in [6, 6.07) is 0.00406. The van der Waals surface area contributed by atoms with Gasteiger partial charge in [-0.3, -0.25) is 0 Å². The minimum atomic E-state index is 0.00406. The normalized spacial score (nSPS) is 13.5. The molecular formula is C12H25NO2. The highest BCUT2D eigenvalue weighted by Gasteiger charge is 1.97. The highest BCUT2D eigenvalue weighted by atomic mass is 16.3. The van der Waals surface area contributed by atoms with E-state index in [9.17, 15) is 0 Å². The largest absolute Gasteiger partial charge is 0.516 e. The molecule has 0 spiro atoms. The summed E-state index contributed by atoms with van der Waals surface area (Å²) in [5.74, 6) is 0. The van der Waals surface area contributed by atoms with Gasteiger partial charge >= 0.3 is 0 Å². The first kappa shape index (κ1) is 14.5. The summed E-state index contributed by atoms with van der Waals surface area (Å²) in [4.78, 5) is 0. The zero-order valence-electron chi connectivity index (χ0n) is 9.57. The molecule has 0 aromatic carbocycles. The van der Waals surface area contributed by atoms with Gasteiger partial charge in [-0.15, -0.1) is 0 Å². The molecule has 0 bridgehead atoms. The van der Waals surface area contributed by atoms with Crippen LogP contribution in [0.25, 0.3) is 0 Å². The lowest BCUT2D eigenvalue weighted by Crippen LogP contribution is -2.16. The van der Waals surface area contributed by atoms with E-state index in [1.807, 2.05) is 0 Å². The van der Waals surface area contributed by atoms with Gasteiger partial charge in [0.15, 0.2) is 0 Å². The maximum Gasteiger partial charge on any atom is 0.0767 e. The predicted molar refractivity (Wildman–Crippen MR) is 63.8 cm³/mol. The maximum absolute atomic E-state index is 8.58. The third-order valence-electron chi connectivity index (χ3n) is 2.53. The van der Waals surface area contributed by atoms with Crippen LogP contribution in [0.1, 0.15) is 51.4 Å². The fourth-order valence-electron chi connectivity index (χ4n) is 1.58. The first-order valence-corrected chi connectivity index (χ1v) is 5.98. The van der Waals surface area contributed by atoms with Crippen LogP contribution in [0.3, 0.4) is 0 Å². The van der Waals surface area contributed by atoms with Gasteiger partial charge in [-0.1, -0.05) is 38.5 Å². The zero-order chi connectivity index (χ0) is 11.4. The number of unbranched alkanes of at least 4 members (excludes halogenated alkanes) is 6. The number of aliphatic hydroxyl groups is 2. The van der Waals surface area contributed by atoms with Crippen molar-refractivity contribution in [2.45, 2.75) is 57.4 Å². The van der Waals surface area contributed by atoms with E-state index < -0.39 is 0 Å². The maximum atomic E-state index is 8.58. The minimum absolute atomic E-state index is 0.00406. The molecule has 0 saturated carbocycles. The molecule has 90 valence electrons. The van der Waals surface area contributed by atoms with E-state index in [0.29, 0.717) is 6.61 Å². The summed E-state index contributed by atoms with van der Waals surface area (Å²) >= 11 is 0. The fraction of sp³-hybridized carbons (Fsp3) is 0.833. The second-order valence-electron chi connectivity index (χ2n) is 3.99. The molecule has 3 nitrogen and oxygen atoms in total. The third-order valence-corrected chi connectivity index (χ3v) is 2.53. The van der Waals surface area contributed by atoms with E-state index in [0.717, 1.165) is 31.9 Å². The van der Waals surface area contributed by atoms with Gasteiger partial charge in [0.1, 0.15) is 0 Å². The second-order valence-corrected chi connectivity index (χ2v) is 3.99. The molecule has 0 aromatic heterocycles. The van der Waals surface area contributed by atoms with E-state index in [4.69, 9.17) is 15.9 Å². The molecule has 0 amide bonds. The number of hydrogen-bond acceptors (Lipinski definition) is 3. The van der Waals surface area contributed by atoms with Crippen molar-refractivity contribution in [3.05, 3.63) is 12.3 Å². The number of rotatable bonds is 10. The Balaban J connectivity index is 3.04. The molecule has 0 rings (SSSR count). The molecule has 0 fully saturated rings. The van der Waals surface area contributed by atoms with Gasteiger partial charge < -0.3 is 15.9 Å². The van der Waals surface area contributed by atoms with Crippen LogP contribution in [0.4, 0.5) is 0 Å². The number of nitrogens with two attached hydrogens (primary N) is 1. The number of aliphatic hydroxyl groups excluding tert-OH is 2. The van der Waals surface area contributed by atoms with Crippen LogP contribution in [-0.2, 0) is 0 Å². The molecule has 0 aliphatic carbocycles. The van der Waals surface area contributed by atoms with Gasteiger partial charge in [-0.05, 0) is 18.9 Å². The van der Waals surface area contributed by atoms with Gasteiger partial charge in [0.05, 0.1) is 6.26 Å². The Morgan fingerprint density at radius 1 is 0.933 bits per heavy atom. The molecule has 3 heteroatoms. The molecule has 0 aromatic rings. The molecule has 0 saturated heterocycles. The van der Waals surface area contributed by atoms with Crippen molar-refractivity contribution in [2.24, 2.45) is 5.73 Å². The second kappa shape index (κ2) is 11.5. The molecule has 4 N–H and O–H groups in total. The van der Waals surface area contributed by atoms with Crippen molar-refractivity contribution < 1.29 is 10.2 Å². The average molecular weight is 215 g/mol. The van der Waals surface area contributed by atoms with Crippen LogP contribution < -0.4 is 5.73 Å². The van der Waals surface area contributed by atoms with E-state index >= 15 is 0 Å². The zero-order valence-corrected chi connectivity index (χ0v) is 9.57. The molecule has 0 aliphatic rings. The average Bonchev–Trinajstić information content (AvgIpc) is 2.22. The van der Waals surface area contributed by atoms with Crippen molar-refractivity contribution in [1.29, 1.82) is 0 Å². The highest BCUT2D eigenvalue weighted by molar-refractivity contribution is 4.84. The topological polar surface area (TPSA) is 66.5 Å². The SMILES string of the molecule is NC(C=CO)CCCCCCCCCO. The summed E-state index contributed by atoms with van der Waals surface area (Å²) in [6.45, 7) is 0.322. The van der Waals surface area contributed by atoms with Crippen LogP contribution in [0.2, 0.25) is 0 Å². The molecule has 0 aliphatic heterocycles. The third kappa shape index (κ3) is 11.4. The van der Waals surface area contributed by atoms with E-state index in [1.54, 1.807) is 6.08 Å². The summed E-state index contributed by atoms with van der Waals surface area (Å²) in [5, 5.41) is 17.1. The van der Waals surface area contributed by atoms with Crippen LogP contribution in [-0.4, -0.2) is 22.9 Å². The van der Waals surface area contributed by atoms with Gasteiger partial charge in [-0.25, -0.2) is 0 Å². The van der Waals surface area contributed by atoms with Crippen LogP contribution in [0.15, 0.2) is 12.3 Å². The fourth-order valence-corrected chi connectivity index (χ4v) is 1.58. The summed E-state index contributed by atoms with van der Waals surface area (Å²) in [6.07, 6.45) is 11.8. The number of hydrogen-bond donors (Lipinski definition) is 3. The lowest BCUT2D eigenvalue weighted by Gasteiger charge is -2.05. The van der Waals surface area contributed by atoms with Gasteiger partial charge in [0.2, 0.25) is 0 Å². The van der Waals surface area contributed by atoms with Crippen LogP contribution in [0.5, 0.6) is 0 Å². The van der Waals surface area contributed by atoms with Crippen molar-refractivity contribution in [1.82, 2.24) is 0 Å². The highest BCUT2D eigenvalue weighted by Crippen LogP contribution is 2.09. The van der Waals surface area contributed by atoms with E-state index in [2.05, 4.69) is 0 Å². The molecule has 15 heavy (non-hydrogen) atoms. The molecule has 1 unspecified atom stereocenters. The first-order chi connectivity index (χ1) is 7.31. The quantitative estimate of drug-likeness (QED) is 0.387. The smallest absolute Gasteiger partial charge is 0.0767 e. The minimum Gasteiger partial charge on any atom is -0.516 e. The lowest BCUT2D eigenvalue weighted by molar-refractivity contribution is 0.282. The standard InChI is InChI=1S/C12H25NO2/c13-12(9-11-15)8-6-4-2-1-3-5-7-10-14/h9,11-12,14-15H,1-8,10,13H2. The Hall–Kier alpha value is -0.540. The Morgan fingerprint density at radius 2 is 1.47 bits per heavy atom. The van der Waals surface area contributed by atoms with E-state index in [-0.39, 0.29) is 6.04 Å². The van der Waals surface area contributed by atoms with E-state index in [1.165, 1.54) is 25.7 Å². The Kier molecular flexibility index (Phi) is 11.1. The molecular weight excluding hydrogens is 190 g/mol. The lowest BCUT2D eigenvalue weighted by atomic mass is 10.1. The van der Waals surface area contributed by atoms with Gasteiger partial charge in [0.25, 0.3) is 0 Å². The van der Waals surface area contributed by atoms with Crippen molar-refractivity contribution in [3.63, 3.8) is 0 Å². The molecule has 0 heterocycles. The van der Waals surface area contributed by atoms with Gasteiger partial charge in [0, 0.05) is 12.6 Å². The first-order valence-electron chi connectivity index (χ1n) is 5.98. The Bertz CT molecular complexity index is 149. The summed E-state index contributed by atoms with van der Waals surface area (Å²) < 4.78 is 0. The van der Waals surface area contributed by atoms with Crippen molar-refractivity contribution in [2.75, 3.05) is 6.61 Å². The Labute approximate surface area is 93.0 Å². The molecule has 1 atom stereocenters. The summed E-state index contributed by atoms with van der Waals surface area (Å²) in [5.41, 5.74) is 5.69. The van der Waals surface area contributed by atoms with Gasteiger partial charge in [-0.2, -0.15) is 0 Å². The van der Waals surface area contributed by atoms with Crippen molar-refractivity contribution >= 4 is 0 Å². The van der Waals surface area contributed by atoms with Crippen molar-refractivity contribution in [3.8, 4) is 0 Å². The molecule has 0 radical (unpaired) electrons.